The van der Waals surface area contributed by atoms with Crippen molar-refractivity contribution in [1.82, 2.24) is 19.6 Å². The molecule has 0 unspecified atom stereocenters. The molecule has 0 aliphatic carbocycles. The van der Waals surface area contributed by atoms with Gasteiger partial charge in [0.1, 0.15) is 12.2 Å². The lowest BCUT2D eigenvalue weighted by molar-refractivity contribution is -0.159. The van der Waals surface area contributed by atoms with Crippen LogP contribution in [-0.4, -0.2) is 70.3 Å². The molecule has 3 rings (SSSR count). The third-order valence-corrected chi connectivity index (χ3v) is 4.76. The Labute approximate surface area is 136 Å². The fourth-order valence-electron chi connectivity index (χ4n) is 3.46. The Hall–Kier alpha value is -1.89. The summed E-state index contributed by atoms with van der Waals surface area (Å²) >= 11 is 0. The first-order valence-electron chi connectivity index (χ1n) is 8.05. The summed E-state index contributed by atoms with van der Waals surface area (Å²) in [5.41, 5.74) is 1.67. The monoisotopic (exact) mass is 320 g/mol. The van der Waals surface area contributed by atoms with Gasteiger partial charge in [0, 0.05) is 32.3 Å². The number of aromatic nitrogens is 2. The number of aryl methyl sites for hydroxylation is 3. The second-order valence-electron chi connectivity index (χ2n) is 6.69. The van der Waals surface area contributed by atoms with Crippen LogP contribution < -0.4 is 0 Å². The Kier molecular flexibility index (Phi) is 4.14. The molecule has 3 heterocycles. The lowest BCUT2D eigenvalue weighted by atomic mass is 10.0. The average molecular weight is 320 g/mol. The largest absolute Gasteiger partial charge is 0.361 e. The van der Waals surface area contributed by atoms with Crippen LogP contribution in [0.1, 0.15) is 24.2 Å². The van der Waals surface area contributed by atoms with E-state index >= 15 is 0 Å². The van der Waals surface area contributed by atoms with E-state index in [1.54, 1.807) is 11.9 Å². The third-order valence-electron chi connectivity index (χ3n) is 4.76. The number of hydrogen-bond donors (Lipinski definition) is 0. The zero-order valence-corrected chi connectivity index (χ0v) is 14.0. The molecule has 1 spiro atoms. The molecular formula is C16H24N4O3. The Morgan fingerprint density at radius 3 is 2.83 bits per heavy atom. The molecular weight excluding hydrogens is 296 g/mol. The van der Waals surface area contributed by atoms with Gasteiger partial charge in [-0.25, -0.2) is 0 Å². The summed E-state index contributed by atoms with van der Waals surface area (Å²) in [5.74, 6) is 0.127. The van der Waals surface area contributed by atoms with E-state index in [0.717, 1.165) is 17.8 Å². The molecule has 1 aromatic heterocycles. The minimum atomic E-state index is -0.378. The van der Waals surface area contributed by atoms with E-state index in [9.17, 15) is 9.59 Å². The predicted molar refractivity (Wildman–Crippen MR) is 83.8 cm³/mol. The first-order valence-corrected chi connectivity index (χ1v) is 8.05. The van der Waals surface area contributed by atoms with E-state index in [2.05, 4.69) is 5.10 Å². The molecule has 7 heteroatoms. The summed E-state index contributed by atoms with van der Waals surface area (Å²) < 4.78 is 7.65. The number of amides is 2. The highest BCUT2D eigenvalue weighted by atomic mass is 16.5. The normalized spacial score (nSPS) is 24.7. The van der Waals surface area contributed by atoms with Crippen LogP contribution in [0.4, 0.5) is 0 Å². The highest BCUT2D eigenvalue weighted by Gasteiger charge is 2.45. The van der Waals surface area contributed by atoms with E-state index in [-0.39, 0.29) is 24.0 Å². The first kappa shape index (κ1) is 16.0. The highest BCUT2D eigenvalue weighted by molar-refractivity contribution is 5.79. The van der Waals surface area contributed by atoms with Gasteiger partial charge in [0.05, 0.1) is 18.8 Å². The van der Waals surface area contributed by atoms with Gasteiger partial charge < -0.3 is 14.5 Å². The fourth-order valence-corrected chi connectivity index (χ4v) is 3.46. The van der Waals surface area contributed by atoms with E-state index in [0.29, 0.717) is 32.6 Å². The summed E-state index contributed by atoms with van der Waals surface area (Å²) in [6.45, 7) is 6.49. The molecule has 0 saturated carbocycles. The summed E-state index contributed by atoms with van der Waals surface area (Å²) in [7, 11) is 1.79. The number of morpholine rings is 1. The van der Waals surface area contributed by atoms with Crippen LogP contribution in [0, 0.1) is 13.8 Å². The Bertz CT molecular complexity index is 627. The van der Waals surface area contributed by atoms with Crippen molar-refractivity contribution in [3.63, 3.8) is 0 Å². The van der Waals surface area contributed by atoms with E-state index in [1.165, 1.54) is 0 Å². The number of carbonyl (C=O) groups excluding carboxylic acids is 2. The van der Waals surface area contributed by atoms with Crippen molar-refractivity contribution in [3.8, 4) is 0 Å². The molecule has 7 nitrogen and oxygen atoms in total. The van der Waals surface area contributed by atoms with Crippen molar-refractivity contribution in [2.75, 3.05) is 33.3 Å². The van der Waals surface area contributed by atoms with Crippen molar-refractivity contribution in [2.45, 2.75) is 38.8 Å². The summed E-state index contributed by atoms with van der Waals surface area (Å²) in [5, 5.41) is 4.39. The van der Waals surface area contributed by atoms with Crippen LogP contribution in [-0.2, 0) is 20.9 Å². The molecule has 2 fully saturated rings. The van der Waals surface area contributed by atoms with E-state index < -0.39 is 0 Å². The Balaban J connectivity index is 1.55. The van der Waals surface area contributed by atoms with Crippen molar-refractivity contribution in [3.05, 3.63) is 17.5 Å². The standard InChI is InChI=1S/C16H24N4O3/c1-12-8-13(2)20(17-12)6-4-14(21)19-7-5-16(11-19)10-18(3)15(22)9-23-16/h8H,4-7,9-11H2,1-3H3/t16-/m1/s1. The van der Waals surface area contributed by atoms with Crippen LogP contribution >= 0.6 is 0 Å². The molecule has 2 amide bonds. The SMILES string of the molecule is Cc1cc(C)n(CCC(=O)N2CC[C@@]3(CN(C)C(=O)CO3)C2)n1. The maximum Gasteiger partial charge on any atom is 0.248 e. The minimum absolute atomic E-state index is 0.00456. The second kappa shape index (κ2) is 5.96. The molecule has 1 aromatic rings. The van der Waals surface area contributed by atoms with Crippen molar-refractivity contribution in [1.29, 1.82) is 0 Å². The van der Waals surface area contributed by atoms with Crippen molar-refractivity contribution in [2.24, 2.45) is 0 Å². The molecule has 0 N–H and O–H groups in total. The highest BCUT2D eigenvalue weighted by Crippen LogP contribution is 2.29. The van der Waals surface area contributed by atoms with Gasteiger partial charge in [0.25, 0.3) is 0 Å². The van der Waals surface area contributed by atoms with Gasteiger partial charge in [-0.1, -0.05) is 0 Å². The van der Waals surface area contributed by atoms with Crippen LogP contribution in [0.25, 0.3) is 0 Å². The van der Waals surface area contributed by atoms with Gasteiger partial charge in [-0.15, -0.1) is 0 Å². The molecule has 0 radical (unpaired) electrons. The number of likely N-dealkylation sites (N-methyl/N-ethyl adjacent to an activating group) is 1. The summed E-state index contributed by atoms with van der Waals surface area (Å²) in [6, 6.07) is 2.01. The lowest BCUT2D eigenvalue weighted by Gasteiger charge is -2.38. The molecule has 1 atom stereocenters. The molecule has 2 aliphatic rings. The number of ether oxygens (including phenoxy) is 1. The average Bonchev–Trinajstić information content (AvgIpc) is 3.05. The smallest absolute Gasteiger partial charge is 0.248 e. The van der Waals surface area contributed by atoms with E-state index in [4.69, 9.17) is 4.74 Å². The maximum atomic E-state index is 12.5. The van der Waals surface area contributed by atoms with Gasteiger partial charge >= 0.3 is 0 Å². The number of rotatable bonds is 3. The maximum absolute atomic E-state index is 12.5. The van der Waals surface area contributed by atoms with Crippen LogP contribution in [0.2, 0.25) is 0 Å². The first-order chi connectivity index (χ1) is 10.9. The number of carbonyl (C=O) groups is 2. The van der Waals surface area contributed by atoms with E-state index in [1.807, 2.05) is 29.5 Å². The number of likely N-dealkylation sites (tertiary alicyclic amines) is 1. The van der Waals surface area contributed by atoms with Crippen LogP contribution in [0.5, 0.6) is 0 Å². The van der Waals surface area contributed by atoms with Crippen molar-refractivity contribution < 1.29 is 14.3 Å². The van der Waals surface area contributed by atoms with Gasteiger partial charge in [-0.05, 0) is 26.3 Å². The topological polar surface area (TPSA) is 67.7 Å². The minimum Gasteiger partial charge on any atom is -0.361 e. The number of nitrogens with zero attached hydrogens (tertiary/aromatic N) is 4. The molecule has 23 heavy (non-hydrogen) atoms. The van der Waals surface area contributed by atoms with Gasteiger partial charge in [-0.3, -0.25) is 14.3 Å². The van der Waals surface area contributed by atoms with Crippen LogP contribution in [0.15, 0.2) is 6.07 Å². The van der Waals surface area contributed by atoms with Crippen molar-refractivity contribution >= 4 is 11.8 Å². The third kappa shape index (κ3) is 3.24. The van der Waals surface area contributed by atoms with Gasteiger partial charge in [0.15, 0.2) is 0 Å². The molecule has 0 aromatic carbocycles. The Morgan fingerprint density at radius 1 is 1.39 bits per heavy atom. The van der Waals surface area contributed by atoms with Crippen LogP contribution in [0.3, 0.4) is 0 Å². The molecule has 2 saturated heterocycles. The number of hydrogen-bond acceptors (Lipinski definition) is 4. The quantitative estimate of drug-likeness (QED) is 0.806. The zero-order chi connectivity index (χ0) is 16.6. The summed E-state index contributed by atoms with van der Waals surface area (Å²) in [6.07, 6.45) is 1.23. The molecule has 0 bridgehead atoms. The molecule has 2 aliphatic heterocycles. The summed E-state index contributed by atoms with van der Waals surface area (Å²) in [4.78, 5) is 27.6. The van der Waals surface area contributed by atoms with Gasteiger partial charge in [-0.2, -0.15) is 5.10 Å². The van der Waals surface area contributed by atoms with Gasteiger partial charge in [0.2, 0.25) is 11.8 Å². The lowest BCUT2D eigenvalue weighted by Crippen LogP contribution is -2.54. The second-order valence-corrected chi connectivity index (χ2v) is 6.69. The predicted octanol–water partition coefficient (Wildman–Crippen LogP) is 0.350. The fraction of sp³-hybridized carbons (Fsp3) is 0.688. The Morgan fingerprint density at radius 2 is 2.17 bits per heavy atom. The zero-order valence-electron chi connectivity index (χ0n) is 14.0. The molecule has 126 valence electrons.